The van der Waals surface area contributed by atoms with E-state index in [9.17, 15) is 18.3 Å². The Bertz CT molecular complexity index is 815. The number of phenols is 1. The summed E-state index contributed by atoms with van der Waals surface area (Å²) in [6.45, 7) is 1.60. The third-order valence-corrected chi connectivity index (χ3v) is 4.83. The summed E-state index contributed by atoms with van der Waals surface area (Å²) in [5, 5.41) is 9.91. The van der Waals surface area contributed by atoms with Gasteiger partial charge in [-0.15, -0.1) is 0 Å². The molecule has 0 amide bonds. The molecule has 0 aliphatic carbocycles. The molecule has 1 N–H and O–H groups in total. The number of nitrogens with zero attached hydrogens (tertiary/aromatic N) is 2. The normalized spacial score (nSPS) is 15.6. The molecule has 0 radical (unpaired) electrons. The lowest BCUT2D eigenvalue weighted by Crippen LogP contribution is -2.29. The minimum Gasteiger partial charge on any atom is -0.507 e. The first-order chi connectivity index (χ1) is 12.3. The molecular weight excluding hydrogens is 409 g/mol. The van der Waals surface area contributed by atoms with E-state index in [0.29, 0.717) is 11.3 Å². The van der Waals surface area contributed by atoms with Crippen molar-refractivity contribution in [2.45, 2.75) is 25.4 Å². The standard InChI is InChI=1S/C19H18BrF3N2O/c20-15-5-7-18(26)13(10-15)12-24-16-11-14(19(21,22)23)4-6-17(16)25-8-2-1-3-9-25/h4-7,10-12,26H,1-3,8-9H2. The fourth-order valence-electron chi connectivity index (χ4n) is 2.97. The van der Waals surface area contributed by atoms with E-state index in [-0.39, 0.29) is 11.4 Å². The summed E-state index contributed by atoms with van der Waals surface area (Å²) in [4.78, 5) is 6.35. The Morgan fingerprint density at radius 2 is 1.77 bits per heavy atom. The van der Waals surface area contributed by atoms with Crippen molar-refractivity contribution < 1.29 is 18.3 Å². The lowest BCUT2D eigenvalue weighted by Gasteiger charge is -2.30. The predicted molar refractivity (Wildman–Crippen MR) is 101 cm³/mol. The van der Waals surface area contributed by atoms with E-state index in [4.69, 9.17) is 0 Å². The molecule has 3 rings (SSSR count). The lowest BCUT2D eigenvalue weighted by molar-refractivity contribution is -0.137. The quantitative estimate of drug-likeness (QED) is 0.618. The molecule has 1 fully saturated rings. The average molecular weight is 427 g/mol. The maximum absolute atomic E-state index is 13.1. The Balaban J connectivity index is 2.01. The molecule has 0 saturated carbocycles. The Morgan fingerprint density at radius 1 is 1.04 bits per heavy atom. The van der Waals surface area contributed by atoms with Crippen LogP contribution in [0.2, 0.25) is 0 Å². The van der Waals surface area contributed by atoms with E-state index >= 15 is 0 Å². The lowest BCUT2D eigenvalue weighted by atomic mass is 10.1. The van der Waals surface area contributed by atoms with E-state index in [1.807, 2.05) is 0 Å². The van der Waals surface area contributed by atoms with Crippen molar-refractivity contribution in [3.63, 3.8) is 0 Å². The van der Waals surface area contributed by atoms with Gasteiger partial charge in [0.25, 0.3) is 0 Å². The zero-order valence-corrected chi connectivity index (χ0v) is 15.5. The third-order valence-electron chi connectivity index (χ3n) is 4.33. The van der Waals surface area contributed by atoms with Gasteiger partial charge < -0.3 is 10.0 Å². The van der Waals surface area contributed by atoms with Crippen LogP contribution in [0.15, 0.2) is 45.9 Å². The maximum Gasteiger partial charge on any atom is 0.416 e. The fourth-order valence-corrected chi connectivity index (χ4v) is 3.35. The van der Waals surface area contributed by atoms with Gasteiger partial charge >= 0.3 is 6.18 Å². The first-order valence-electron chi connectivity index (χ1n) is 8.33. The molecule has 1 aliphatic rings. The van der Waals surface area contributed by atoms with Crippen molar-refractivity contribution >= 4 is 33.5 Å². The van der Waals surface area contributed by atoms with Crippen molar-refractivity contribution in [2.24, 2.45) is 4.99 Å². The number of rotatable bonds is 3. The van der Waals surface area contributed by atoms with Gasteiger partial charge in [-0.25, -0.2) is 0 Å². The van der Waals surface area contributed by atoms with Gasteiger partial charge in [-0.3, -0.25) is 4.99 Å². The highest BCUT2D eigenvalue weighted by Crippen LogP contribution is 2.38. The van der Waals surface area contributed by atoms with Gasteiger partial charge in [0.05, 0.1) is 16.9 Å². The molecule has 26 heavy (non-hydrogen) atoms. The molecule has 7 heteroatoms. The van der Waals surface area contributed by atoms with Crippen LogP contribution in [0.3, 0.4) is 0 Å². The third kappa shape index (κ3) is 4.38. The Hall–Kier alpha value is -2.02. The average Bonchev–Trinajstić information content (AvgIpc) is 2.62. The molecule has 1 aliphatic heterocycles. The van der Waals surface area contributed by atoms with E-state index in [1.54, 1.807) is 12.1 Å². The van der Waals surface area contributed by atoms with Crippen molar-refractivity contribution in [2.75, 3.05) is 18.0 Å². The molecule has 0 atom stereocenters. The maximum atomic E-state index is 13.1. The van der Waals surface area contributed by atoms with Crippen LogP contribution in [0.4, 0.5) is 24.5 Å². The summed E-state index contributed by atoms with van der Waals surface area (Å²) in [5.74, 6) is 0.0171. The second kappa shape index (κ2) is 7.70. The van der Waals surface area contributed by atoms with Crippen molar-refractivity contribution in [3.8, 4) is 5.75 Å². The number of benzene rings is 2. The van der Waals surface area contributed by atoms with Crippen LogP contribution in [-0.2, 0) is 6.18 Å². The van der Waals surface area contributed by atoms with Gasteiger partial charge in [0.1, 0.15) is 5.75 Å². The minimum atomic E-state index is -4.43. The van der Waals surface area contributed by atoms with E-state index in [0.717, 1.165) is 49.0 Å². The fraction of sp³-hybridized carbons (Fsp3) is 0.316. The van der Waals surface area contributed by atoms with Crippen LogP contribution in [0.5, 0.6) is 5.75 Å². The highest BCUT2D eigenvalue weighted by Gasteiger charge is 2.31. The molecule has 2 aromatic carbocycles. The second-order valence-corrected chi connectivity index (χ2v) is 7.13. The van der Waals surface area contributed by atoms with Crippen molar-refractivity contribution in [1.29, 1.82) is 0 Å². The summed E-state index contributed by atoms with van der Waals surface area (Å²) < 4.78 is 40.1. The van der Waals surface area contributed by atoms with E-state index < -0.39 is 11.7 Å². The number of hydrogen-bond acceptors (Lipinski definition) is 3. The summed E-state index contributed by atoms with van der Waals surface area (Å²) >= 11 is 3.31. The van der Waals surface area contributed by atoms with Crippen LogP contribution in [0.1, 0.15) is 30.4 Å². The molecule has 2 aromatic rings. The zero-order chi connectivity index (χ0) is 18.7. The predicted octanol–water partition coefficient (Wildman–Crippen LogP) is 5.91. The summed E-state index contributed by atoms with van der Waals surface area (Å²) in [6, 6.07) is 8.49. The van der Waals surface area contributed by atoms with Crippen LogP contribution >= 0.6 is 15.9 Å². The number of anilines is 1. The molecular formula is C19H18BrF3N2O. The Morgan fingerprint density at radius 3 is 2.46 bits per heavy atom. The summed E-state index contributed by atoms with van der Waals surface area (Å²) in [7, 11) is 0. The SMILES string of the molecule is Oc1ccc(Br)cc1C=Nc1cc(C(F)(F)F)ccc1N1CCCCC1. The molecule has 0 spiro atoms. The number of halogens is 4. The van der Waals surface area contributed by atoms with E-state index in [2.05, 4.69) is 25.8 Å². The molecule has 0 bridgehead atoms. The molecule has 1 heterocycles. The molecule has 0 aromatic heterocycles. The number of aromatic hydroxyl groups is 1. The largest absolute Gasteiger partial charge is 0.507 e. The number of hydrogen-bond donors (Lipinski definition) is 1. The Labute approximate surface area is 158 Å². The molecule has 0 unspecified atom stereocenters. The van der Waals surface area contributed by atoms with Gasteiger partial charge in [0, 0.05) is 29.3 Å². The Kier molecular flexibility index (Phi) is 5.55. The summed E-state index contributed by atoms with van der Waals surface area (Å²) in [5.41, 5.74) is 0.634. The number of phenolic OH excluding ortho intramolecular Hbond substituents is 1. The van der Waals surface area contributed by atoms with Gasteiger partial charge in [0.15, 0.2) is 0 Å². The van der Waals surface area contributed by atoms with Gasteiger partial charge in [-0.05, 0) is 55.7 Å². The van der Waals surface area contributed by atoms with Gasteiger partial charge in [-0.1, -0.05) is 15.9 Å². The number of alkyl halides is 3. The van der Waals surface area contributed by atoms with Crippen molar-refractivity contribution in [1.82, 2.24) is 0 Å². The van der Waals surface area contributed by atoms with Crippen LogP contribution in [0.25, 0.3) is 0 Å². The highest BCUT2D eigenvalue weighted by atomic mass is 79.9. The second-order valence-electron chi connectivity index (χ2n) is 6.21. The first-order valence-corrected chi connectivity index (χ1v) is 9.13. The van der Waals surface area contributed by atoms with Crippen LogP contribution in [0, 0.1) is 0 Å². The molecule has 1 saturated heterocycles. The first kappa shape index (κ1) is 18.8. The van der Waals surface area contributed by atoms with Crippen LogP contribution < -0.4 is 4.90 Å². The van der Waals surface area contributed by atoms with E-state index in [1.165, 1.54) is 18.3 Å². The number of piperidine rings is 1. The molecule has 3 nitrogen and oxygen atoms in total. The zero-order valence-electron chi connectivity index (χ0n) is 13.9. The summed E-state index contributed by atoms with van der Waals surface area (Å²) in [6.07, 6.45) is 0.112. The van der Waals surface area contributed by atoms with Crippen LogP contribution in [-0.4, -0.2) is 24.4 Å². The molecule has 138 valence electrons. The van der Waals surface area contributed by atoms with Crippen molar-refractivity contribution in [3.05, 3.63) is 52.0 Å². The topological polar surface area (TPSA) is 35.8 Å². The monoisotopic (exact) mass is 426 g/mol. The number of aliphatic imine (C=N–C) groups is 1. The van der Waals surface area contributed by atoms with Gasteiger partial charge in [0.2, 0.25) is 0 Å². The van der Waals surface area contributed by atoms with Gasteiger partial charge in [-0.2, -0.15) is 13.2 Å². The smallest absolute Gasteiger partial charge is 0.416 e. The highest BCUT2D eigenvalue weighted by molar-refractivity contribution is 9.10. The minimum absolute atomic E-state index is 0.0171.